The maximum absolute atomic E-state index is 11.9. The van der Waals surface area contributed by atoms with E-state index in [1.165, 1.54) is 6.20 Å². The number of carbonyl (C=O) groups is 1. The zero-order chi connectivity index (χ0) is 13.9. The number of thiophene rings is 1. The fourth-order valence-corrected chi connectivity index (χ4v) is 2.30. The molecular formula is C12H11N5O2S. The Bertz CT molecular complexity index is 716. The van der Waals surface area contributed by atoms with E-state index >= 15 is 0 Å². The predicted molar refractivity (Wildman–Crippen MR) is 71.6 cm³/mol. The van der Waals surface area contributed by atoms with Gasteiger partial charge in [-0.3, -0.25) is 4.79 Å². The number of aromatic nitrogens is 4. The quantitative estimate of drug-likeness (QED) is 0.787. The molecule has 0 aliphatic carbocycles. The van der Waals surface area contributed by atoms with Gasteiger partial charge in [-0.1, -0.05) is 10.4 Å². The van der Waals surface area contributed by atoms with Gasteiger partial charge in [0.25, 0.3) is 5.91 Å². The maximum atomic E-state index is 11.9. The van der Waals surface area contributed by atoms with Crippen LogP contribution in [-0.2, 0) is 6.54 Å². The SMILES string of the molecule is Cc1oncc1C(=O)NCc1cn(-c2ccsc2)nn1. The smallest absolute Gasteiger partial charge is 0.256 e. The van der Waals surface area contributed by atoms with Crippen molar-refractivity contribution in [2.24, 2.45) is 0 Å². The molecule has 0 fully saturated rings. The summed E-state index contributed by atoms with van der Waals surface area (Å²) in [7, 11) is 0. The summed E-state index contributed by atoms with van der Waals surface area (Å²) in [4.78, 5) is 11.9. The molecule has 3 aromatic rings. The fourth-order valence-electron chi connectivity index (χ4n) is 1.68. The summed E-state index contributed by atoms with van der Waals surface area (Å²) in [5.41, 5.74) is 2.06. The molecule has 0 radical (unpaired) electrons. The van der Waals surface area contributed by atoms with Crippen LogP contribution in [0, 0.1) is 6.92 Å². The summed E-state index contributed by atoms with van der Waals surface area (Å²) in [6.45, 7) is 1.99. The van der Waals surface area contributed by atoms with Gasteiger partial charge in [0.05, 0.1) is 24.6 Å². The highest BCUT2D eigenvalue weighted by Crippen LogP contribution is 2.11. The molecule has 0 bridgehead atoms. The molecule has 3 aromatic heterocycles. The minimum absolute atomic E-state index is 0.242. The van der Waals surface area contributed by atoms with Crippen LogP contribution >= 0.6 is 11.3 Å². The molecule has 8 heteroatoms. The molecule has 1 N–H and O–H groups in total. The number of nitrogens with one attached hydrogen (secondary N) is 1. The molecular weight excluding hydrogens is 278 g/mol. The van der Waals surface area contributed by atoms with Crippen LogP contribution in [0.4, 0.5) is 0 Å². The molecule has 1 amide bonds. The topological polar surface area (TPSA) is 85.8 Å². The average molecular weight is 289 g/mol. The van der Waals surface area contributed by atoms with Gasteiger partial charge in [0.1, 0.15) is 17.0 Å². The molecule has 3 rings (SSSR count). The van der Waals surface area contributed by atoms with Crippen molar-refractivity contribution in [3.63, 3.8) is 0 Å². The number of amides is 1. The van der Waals surface area contributed by atoms with E-state index in [4.69, 9.17) is 4.52 Å². The highest BCUT2D eigenvalue weighted by atomic mass is 32.1. The Morgan fingerprint density at radius 3 is 3.15 bits per heavy atom. The second-order valence-electron chi connectivity index (χ2n) is 4.11. The Kier molecular flexibility index (Phi) is 3.30. The minimum atomic E-state index is -0.242. The molecule has 20 heavy (non-hydrogen) atoms. The second-order valence-corrected chi connectivity index (χ2v) is 4.89. The summed E-state index contributed by atoms with van der Waals surface area (Å²) in [6, 6.07) is 1.95. The molecule has 3 heterocycles. The van der Waals surface area contributed by atoms with Crippen molar-refractivity contribution in [2.75, 3.05) is 0 Å². The predicted octanol–water partition coefficient (Wildman–Crippen LogP) is 1.56. The zero-order valence-corrected chi connectivity index (χ0v) is 11.4. The number of hydrogen-bond donors (Lipinski definition) is 1. The van der Waals surface area contributed by atoms with Crippen LogP contribution < -0.4 is 5.32 Å². The first-order valence-corrected chi connectivity index (χ1v) is 6.81. The van der Waals surface area contributed by atoms with Gasteiger partial charge in [0.15, 0.2) is 0 Å². The van der Waals surface area contributed by atoms with Gasteiger partial charge in [-0.25, -0.2) is 4.68 Å². The van der Waals surface area contributed by atoms with E-state index in [0.717, 1.165) is 5.69 Å². The van der Waals surface area contributed by atoms with E-state index in [9.17, 15) is 4.79 Å². The lowest BCUT2D eigenvalue weighted by atomic mass is 10.2. The van der Waals surface area contributed by atoms with Crippen molar-refractivity contribution < 1.29 is 9.32 Å². The first kappa shape index (κ1) is 12.5. The molecule has 7 nitrogen and oxygen atoms in total. The largest absolute Gasteiger partial charge is 0.361 e. The molecule has 102 valence electrons. The Labute approximate surface area is 118 Å². The third-order valence-electron chi connectivity index (χ3n) is 2.74. The number of nitrogens with zero attached hydrogens (tertiary/aromatic N) is 4. The van der Waals surface area contributed by atoms with Gasteiger partial charge in [-0.15, -0.1) is 5.10 Å². The van der Waals surface area contributed by atoms with E-state index in [1.54, 1.807) is 29.1 Å². The Hall–Kier alpha value is -2.48. The third-order valence-corrected chi connectivity index (χ3v) is 3.41. The van der Waals surface area contributed by atoms with Crippen molar-refractivity contribution in [3.05, 3.63) is 46.2 Å². The lowest BCUT2D eigenvalue weighted by Crippen LogP contribution is -2.23. The van der Waals surface area contributed by atoms with Crippen LogP contribution in [0.15, 0.2) is 33.7 Å². The van der Waals surface area contributed by atoms with Crippen LogP contribution in [0.25, 0.3) is 5.69 Å². The lowest BCUT2D eigenvalue weighted by molar-refractivity contribution is 0.0949. The number of hydrogen-bond acceptors (Lipinski definition) is 6. The van der Waals surface area contributed by atoms with Crippen molar-refractivity contribution in [2.45, 2.75) is 13.5 Å². The van der Waals surface area contributed by atoms with Gasteiger partial charge in [-0.05, 0) is 18.4 Å². The third kappa shape index (κ3) is 2.45. The monoisotopic (exact) mass is 289 g/mol. The van der Waals surface area contributed by atoms with E-state index in [2.05, 4.69) is 20.8 Å². The van der Waals surface area contributed by atoms with Crippen LogP contribution in [0.3, 0.4) is 0 Å². The number of carbonyl (C=O) groups excluding carboxylic acids is 1. The van der Waals surface area contributed by atoms with Crippen LogP contribution in [0.5, 0.6) is 0 Å². The number of aryl methyl sites for hydroxylation is 1. The van der Waals surface area contributed by atoms with Gasteiger partial charge >= 0.3 is 0 Å². The summed E-state index contributed by atoms with van der Waals surface area (Å²) in [5, 5.41) is 18.3. The number of rotatable bonds is 4. The summed E-state index contributed by atoms with van der Waals surface area (Å²) in [6.07, 6.45) is 3.18. The van der Waals surface area contributed by atoms with Crippen molar-refractivity contribution >= 4 is 17.2 Å². The zero-order valence-electron chi connectivity index (χ0n) is 10.6. The Morgan fingerprint density at radius 2 is 2.45 bits per heavy atom. The van der Waals surface area contributed by atoms with Gasteiger partial charge in [-0.2, -0.15) is 11.3 Å². The molecule has 0 unspecified atom stereocenters. The standard InChI is InChI=1S/C12H11N5O2S/c1-8-11(5-14-19-8)12(18)13-4-9-6-17(16-15-9)10-2-3-20-7-10/h2-3,5-7H,4H2,1H3,(H,13,18). The highest BCUT2D eigenvalue weighted by Gasteiger charge is 2.13. The molecule has 0 aliphatic heterocycles. The first-order chi connectivity index (χ1) is 9.74. The lowest BCUT2D eigenvalue weighted by Gasteiger charge is -2.00. The van der Waals surface area contributed by atoms with Crippen molar-refractivity contribution in [1.82, 2.24) is 25.5 Å². The molecule has 0 saturated heterocycles. The van der Waals surface area contributed by atoms with E-state index < -0.39 is 0 Å². The molecule has 0 spiro atoms. The van der Waals surface area contributed by atoms with E-state index in [1.807, 2.05) is 16.8 Å². The van der Waals surface area contributed by atoms with Crippen molar-refractivity contribution in [1.29, 1.82) is 0 Å². The van der Waals surface area contributed by atoms with Crippen LogP contribution in [-0.4, -0.2) is 26.1 Å². The average Bonchev–Trinajstić information content (AvgIpc) is 3.16. The molecule has 0 aliphatic rings. The minimum Gasteiger partial charge on any atom is -0.361 e. The fraction of sp³-hybridized carbons (Fsp3) is 0.167. The summed E-state index contributed by atoms with van der Waals surface area (Å²) < 4.78 is 6.52. The van der Waals surface area contributed by atoms with Crippen LogP contribution in [0.2, 0.25) is 0 Å². The van der Waals surface area contributed by atoms with Crippen LogP contribution in [0.1, 0.15) is 21.8 Å². The molecule has 0 aromatic carbocycles. The molecule has 0 atom stereocenters. The Balaban J connectivity index is 1.65. The first-order valence-electron chi connectivity index (χ1n) is 5.87. The Morgan fingerprint density at radius 1 is 1.55 bits per heavy atom. The molecule has 0 saturated carbocycles. The normalized spacial score (nSPS) is 10.7. The van der Waals surface area contributed by atoms with Crippen molar-refractivity contribution in [3.8, 4) is 5.69 Å². The van der Waals surface area contributed by atoms with Gasteiger partial charge in [0.2, 0.25) is 0 Å². The van der Waals surface area contributed by atoms with Gasteiger partial charge in [0, 0.05) is 5.38 Å². The second kappa shape index (κ2) is 5.25. The van der Waals surface area contributed by atoms with Gasteiger partial charge < -0.3 is 9.84 Å². The highest BCUT2D eigenvalue weighted by molar-refractivity contribution is 7.08. The maximum Gasteiger partial charge on any atom is 0.256 e. The summed E-state index contributed by atoms with van der Waals surface area (Å²) >= 11 is 1.59. The van der Waals surface area contributed by atoms with E-state index in [-0.39, 0.29) is 5.91 Å². The van der Waals surface area contributed by atoms with E-state index in [0.29, 0.717) is 23.6 Å². The summed E-state index contributed by atoms with van der Waals surface area (Å²) in [5.74, 6) is 0.248.